The second-order valence-corrected chi connectivity index (χ2v) is 4.80. The SMILES string of the molecule is CN(CCC(=O)N(C)C)Cc1cccc(CN)c1. The summed E-state index contributed by atoms with van der Waals surface area (Å²) in [5, 5.41) is 0. The van der Waals surface area contributed by atoms with Crippen LogP contribution in [0.25, 0.3) is 0 Å². The van der Waals surface area contributed by atoms with Crippen LogP contribution in [0.4, 0.5) is 0 Å². The van der Waals surface area contributed by atoms with Gasteiger partial charge in [-0.2, -0.15) is 0 Å². The maximum absolute atomic E-state index is 11.5. The minimum absolute atomic E-state index is 0.164. The lowest BCUT2D eigenvalue weighted by atomic mass is 10.1. The van der Waals surface area contributed by atoms with E-state index in [0.717, 1.165) is 18.7 Å². The lowest BCUT2D eigenvalue weighted by Gasteiger charge is -2.18. The maximum atomic E-state index is 11.5. The standard InChI is InChI=1S/C14H23N3O/c1-16(2)14(18)7-8-17(3)11-13-6-4-5-12(9-13)10-15/h4-6,9H,7-8,10-11,15H2,1-3H3. The van der Waals surface area contributed by atoms with Gasteiger partial charge in [0.2, 0.25) is 5.91 Å². The van der Waals surface area contributed by atoms with E-state index in [-0.39, 0.29) is 5.91 Å². The Hall–Kier alpha value is -1.39. The van der Waals surface area contributed by atoms with Gasteiger partial charge in [-0.25, -0.2) is 0 Å². The maximum Gasteiger partial charge on any atom is 0.223 e. The van der Waals surface area contributed by atoms with Gasteiger partial charge in [0.15, 0.2) is 0 Å². The lowest BCUT2D eigenvalue weighted by molar-refractivity contribution is -0.129. The molecule has 0 aliphatic heterocycles. The van der Waals surface area contributed by atoms with Crippen molar-refractivity contribution in [2.75, 3.05) is 27.7 Å². The molecule has 0 atom stereocenters. The number of rotatable bonds is 6. The van der Waals surface area contributed by atoms with Gasteiger partial charge < -0.3 is 15.5 Å². The Kier molecular flexibility index (Phi) is 5.82. The highest BCUT2D eigenvalue weighted by Gasteiger charge is 2.06. The molecule has 18 heavy (non-hydrogen) atoms. The number of hydrogen-bond acceptors (Lipinski definition) is 3. The van der Waals surface area contributed by atoms with E-state index in [4.69, 9.17) is 5.73 Å². The molecule has 0 aliphatic rings. The average molecular weight is 249 g/mol. The number of nitrogens with two attached hydrogens (primary N) is 1. The molecule has 0 saturated heterocycles. The van der Waals surface area contributed by atoms with Crippen LogP contribution in [0.2, 0.25) is 0 Å². The minimum atomic E-state index is 0.164. The molecule has 0 heterocycles. The Morgan fingerprint density at radius 2 is 1.89 bits per heavy atom. The van der Waals surface area contributed by atoms with Crippen LogP contribution in [-0.4, -0.2) is 43.4 Å². The van der Waals surface area contributed by atoms with Gasteiger partial charge in [0.05, 0.1) is 0 Å². The monoisotopic (exact) mass is 249 g/mol. The highest BCUT2D eigenvalue weighted by molar-refractivity contribution is 5.75. The number of carbonyl (C=O) groups is 1. The minimum Gasteiger partial charge on any atom is -0.349 e. The molecule has 100 valence electrons. The molecule has 0 bridgehead atoms. The number of nitrogens with zero attached hydrogens (tertiary/aromatic N) is 2. The zero-order chi connectivity index (χ0) is 13.5. The molecule has 0 aromatic heterocycles. The zero-order valence-corrected chi connectivity index (χ0v) is 11.5. The van der Waals surface area contributed by atoms with E-state index in [1.54, 1.807) is 19.0 Å². The fourth-order valence-corrected chi connectivity index (χ4v) is 1.76. The van der Waals surface area contributed by atoms with Gasteiger partial charge in [-0.3, -0.25) is 4.79 Å². The summed E-state index contributed by atoms with van der Waals surface area (Å²) < 4.78 is 0. The highest BCUT2D eigenvalue weighted by Crippen LogP contribution is 2.07. The molecule has 4 nitrogen and oxygen atoms in total. The molecule has 4 heteroatoms. The van der Waals surface area contributed by atoms with Gasteiger partial charge in [0, 0.05) is 40.2 Å². The van der Waals surface area contributed by atoms with E-state index < -0.39 is 0 Å². The molecule has 1 aromatic carbocycles. The molecule has 0 fully saturated rings. The Labute approximate surface area is 109 Å². The van der Waals surface area contributed by atoms with E-state index in [9.17, 15) is 4.79 Å². The molecule has 1 aromatic rings. The molecule has 0 aliphatic carbocycles. The molecule has 1 amide bonds. The highest BCUT2D eigenvalue weighted by atomic mass is 16.2. The molecule has 0 saturated carbocycles. The fourth-order valence-electron chi connectivity index (χ4n) is 1.76. The van der Waals surface area contributed by atoms with Crippen molar-refractivity contribution in [3.63, 3.8) is 0 Å². The van der Waals surface area contributed by atoms with Crippen molar-refractivity contribution >= 4 is 5.91 Å². The third-order valence-corrected chi connectivity index (χ3v) is 2.89. The first-order valence-corrected chi connectivity index (χ1v) is 6.19. The van der Waals surface area contributed by atoms with Gasteiger partial charge in [-0.05, 0) is 18.2 Å². The summed E-state index contributed by atoms with van der Waals surface area (Å²) >= 11 is 0. The first kappa shape index (κ1) is 14.7. The van der Waals surface area contributed by atoms with Crippen molar-refractivity contribution in [1.29, 1.82) is 0 Å². The van der Waals surface area contributed by atoms with Crippen molar-refractivity contribution in [2.24, 2.45) is 5.73 Å². The lowest BCUT2D eigenvalue weighted by Crippen LogP contribution is -2.27. The normalized spacial score (nSPS) is 10.7. The van der Waals surface area contributed by atoms with E-state index in [0.29, 0.717) is 13.0 Å². The van der Waals surface area contributed by atoms with Crippen molar-refractivity contribution in [3.05, 3.63) is 35.4 Å². The number of benzene rings is 1. The molecular formula is C14H23N3O. The molecule has 1 rings (SSSR count). The van der Waals surface area contributed by atoms with Crippen molar-refractivity contribution in [3.8, 4) is 0 Å². The van der Waals surface area contributed by atoms with Gasteiger partial charge in [-0.15, -0.1) is 0 Å². The number of hydrogen-bond donors (Lipinski definition) is 1. The van der Waals surface area contributed by atoms with Crippen LogP contribution in [-0.2, 0) is 17.9 Å². The van der Waals surface area contributed by atoms with Crippen molar-refractivity contribution in [1.82, 2.24) is 9.80 Å². The van der Waals surface area contributed by atoms with E-state index in [2.05, 4.69) is 17.0 Å². The van der Waals surface area contributed by atoms with Crippen LogP contribution in [0.15, 0.2) is 24.3 Å². The van der Waals surface area contributed by atoms with E-state index >= 15 is 0 Å². The molecule has 0 spiro atoms. The smallest absolute Gasteiger partial charge is 0.223 e. The summed E-state index contributed by atoms with van der Waals surface area (Å²) in [5.41, 5.74) is 8.00. The second-order valence-electron chi connectivity index (χ2n) is 4.80. The summed E-state index contributed by atoms with van der Waals surface area (Å²) in [4.78, 5) is 15.3. The Balaban J connectivity index is 2.44. The molecule has 0 unspecified atom stereocenters. The summed E-state index contributed by atoms with van der Waals surface area (Å²) in [6.45, 7) is 2.18. The van der Waals surface area contributed by atoms with Crippen LogP contribution in [0.5, 0.6) is 0 Å². The van der Waals surface area contributed by atoms with Crippen LogP contribution in [0, 0.1) is 0 Å². The first-order valence-electron chi connectivity index (χ1n) is 6.19. The van der Waals surface area contributed by atoms with E-state index in [1.165, 1.54) is 5.56 Å². The fraction of sp³-hybridized carbons (Fsp3) is 0.500. The van der Waals surface area contributed by atoms with E-state index in [1.807, 2.05) is 19.2 Å². The van der Waals surface area contributed by atoms with Crippen LogP contribution in [0.1, 0.15) is 17.5 Å². The van der Waals surface area contributed by atoms with Crippen molar-refractivity contribution < 1.29 is 4.79 Å². The topological polar surface area (TPSA) is 49.6 Å². The third-order valence-electron chi connectivity index (χ3n) is 2.89. The summed E-state index contributed by atoms with van der Waals surface area (Å²) in [7, 11) is 5.60. The summed E-state index contributed by atoms with van der Waals surface area (Å²) in [6.07, 6.45) is 0.556. The number of amides is 1. The largest absolute Gasteiger partial charge is 0.349 e. The summed E-state index contributed by atoms with van der Waals surface area (Å²) in [6, 6.07) is 8.25. The Morgan fingerprint density at radius 3 is 2.50 bits per heavy atom. The van der Waals surface area contributed by atoms with Gasteiger partial charge >= 0.3 is 0 Å². The molecule has 2 N–H and O–H groups in total. The van der Waals surface area contributed by atoms with Gasteiger partial charge in [0.25, 0.3) is 0 Å². The van der Waals surface area contributed by atoms with Gasteiger partial charge in [0.1, 0.15) is 0 Å². The van der Waals surface area contributed by atoms with Gasteiger partial charge in [-0.1, -0.05) is 24.3 Å². The molecular weight excluding hydrogens is 226 g/mol. The quantitative estimate of drug-likeness (QED) is 0.820. The number of carbonyl (C=O) groups excluding carboxylic acids is 1. The predicted octanol–water partition coefficient (Wildman–Crippen LogP) is 1.06. The van der Waals surface area contributed by atoms with Crippen molar-refractivity contribution in [2.45, 2.75) is 19.5 Å². The Morgan fingerprint density at radius 1 is 1.22 bits per heavy atom. The average Bonchev–Trinajstić information content (AvgIpc) is 2.36. The summed E-state index contributed by atoms with van der Waals surface area (Å²) in [5.74, 6) is 0.164. The van der Waals surface area contributed by atoms with Crippen LogP contribution in [0.3, 0.4) is 0 Å². The third kappa shape index (κ3) is 4.85. The van der Waals surface area contributed by atoms with Crippen LogP contribution >= 0.6 is 0 Å². The second kappa shape index (κ2) is 7.13. The first-order chi connectivity index (χ1) is 8.52. The predicted molar refractivity (Wildman–Crippen MR) is 74.0 cm³/mol. The zero-order valence-electron chi connectivity index (χ0n) is 11.5. The molecule has 0 radical (unpaired) electrons. The van der Waals surface area contributed by atoms with Crippen LogP contribution < -0.4 is 5.73 Å². The Bertz CT molecular complexity index is 390.